The number of benzene rings is 3. The molecule has 5 nitrogen and oxygen atoms in total. The maximum absolute atomic E-state index is 13.6. The molecule has 3 aromatic heterocycles. The Labute approximate surface area is 194 Å². The summed E-state index contributed by atoms with van der Waals surface area (Å²) in [6.45, 7) is 0. The van der Waals surface area contributed by atoms with E-state index in [1.54, 1.807) is 36.5 Å². The summed E-state index contributed by atoms with van der Waals surface area (Å²) >= 11 is 0. The number of nitrogens with one attached hydrogen (secondary N) is 2. The number of aromatic hydroxyl groups is 1. The highest BCUT2D eigenvalue weighted by atomic mass is 19.1. The number of pyridine rings is 1. The summed E-state index contributed by atoms with van der Waals surface area (Å²) in [5.41, 5.74) is 6.71. The van der Waals surface area contributed by atoms with E-state index in [1.165, 1.54) is 12.1 Å². The Morgan fingerprint density at radius 2 is 1.53 bits per heavy atom. The quantitative estimate of drug-likeness (QED) is 0.279. The molecule has 3 aromatic carbocycles. The number of aromatic nitrogens is 4. The van der Waals surface area contributed by atoms with Crippen molar-refractivity contribution < 1.29 is 9.50 Å². The van der Waals surface area contributed by atoms with Gasteiger partial charge >= 0.3 is 0 Å². The van der Waals surface area contributed by atoms with Crippen molar-refractivity contribution in [3.63, 3.8) is 0 Å². The molecule has 0 amide bonds. The van der Waals surface area contributed by atoms with Crippen molar-refractivity contribution in [2.75, 3.05) is 0 Å². The summed E-state index contributed by atoms with van der Waals surface area (Å²) < 4.78 is 13.6. The molecular weight excluding hydrogens is 427 g/mol. The molecule has 0 spiro atoms. The van der Waals surface area contributed by atoms with E-state index in [4.69, 9.17) is 4.98 Å². The molecule has 6 aromatic rings. The lowest BCUT2D eigenvalue weighted by atomic mass is 10.0. The van der Waals surface area contributed by atoms with Gasteiger partial charge in [-0.25, -0.2) is 14.4 Å². The Kier molecular flexibility index (Phi) is 4.70. The van der Waals surface area contributed by atoms with Crippen molar-refractivity contribution in [3.05, 3.63) is 103 Å². The molecule has 0 saturated carbocycles. The minimum Gasteiger partial charge on any atom is -0.508 e. The van der Waals surface area contributed by atoms with Gasteiger partial charge in [-0.3, -0.25) is 0 Å². The van der Waals surface area contributed by atoms with Gasteiger partial charge in [0.15, 0.2) is 0 Å². The first kappa shape index (κ1) is 19.9. The van der Waals surface area contributed by atoms with Crippen LogP contribution in [0.4, 0.5) is 4.39 Å². The first-order valence-corrected chi connectivity index (χ1v) is 10.8. The third-order valence-corrected chi connectivity index (χ3v) is 5.83. The van der Waals surface area contributed by atoms with Gasteiger partial charge in [-0.1, -0.05) is 42.5 Å². The second kappa shape index (κ2) is 8.01. The van der Waals surface area contributed by atoms with Crippen LogP contribution in [0.5, 0.6) is 5.75 Å². The molecular formula is C28H19FN4O. The van der Waals surface area contributed by atoms with Crippen LogP contribution in [-0.4, -0.2) is 25.0 Å². The molecule has 164 valence electrons. The summed E-state index contributed by atoms with van der Waals surface area (Å²) in [5, 5.41) is 10.9. The smallest absolute Gasteiger partial charge is 0.138 e. The predicted octanol–water partition coefficient (Wildman–Crippen LogP) is 6.80. The zero-order chi connectivity index (χ0) is 23.1. The minimum absolute atomic E-state index is 0.156. The zero-order valence-electron chi connectivity index (χ0n) is 18.0. The number of fused-ring (bicyclic) bond motifs is 1. The minimum atomic E-state index is -0.307. The number of aromatic amines is 2. The monoisotopic (exact) mass is 446 g/mol. The lowest BCUT2D eigenvalue weighted by Crippen LogP contribution is -1.87. The molecule has 34 heavy (non-hydrogen) atoms. The lowest BCUT2D eigenvalue weighted by Gasteiger charge is -2.05. The third-order valence-electron chi connectivity index (χ3n) is 5.83. The number of halogens is 1. The van der Waals surface area contributed by atoms with Gasteiger partial charge in [0.25, 0.3) is 0 Å². The number of H-pyrrole nitrogens is 2. The molecule has 0 unspecified atom stereocenters. The molecule has 0 radical (unpaired) electrons. The van der Waals surface area contributed by atoms with Crippen LogP contribution in [0.2, 0.25) is 0 Å². The van der Waals surface area contributed by atoms with E-state index in [9.17, 15) is 9.50 Å². The molecule has 0 saturated heterocycles. The number of rotatable bonds is 4. The van der Waals surface area contributed by atoms with Crippen LogP contribution in [0.3, 0.4) is 0 Å². The van der Waals surface area contributed by atoms with Gasteiger partial charge in [0.1, 0.15) is 23.0 Å². The second-order valence-electron chi connectivity index (χ2n) is 8.04. The van der Waals surface area contributed by atoms with Gasteiger partial charge in [-0.05, 0) is 54.1 Å². The first-order chi connectivity index (χ1) is 16.7. The molecule has 0 fully saturated rings. The highest BCUT2D eigenvalue weighted by Gasteiger charge is 2.19. The molecule has 0 atom stereocenters. The van der Waals surface area contributed by atoms with Crippen molar-refractivity contribution in [2.45, 2.75) is 0 Å². The van der Waals surface area contributed by atoms with Crippen LogP contribution in [0, 0.1) is 5.82 Å². The van der Waals surface area contributed by atoms with E-state index in [0.717, 1.165) is 44.7 Å². The molecule has 0 aliphatic heterocycles. The van der Waals surface area contributed by atoms with Crippen LogP contribution < -0.4 is 0 Å². The number of phenolic OH excluding ortho intramolecular Hbond substituents is 1. The highest BCUT2D eigenvalue weighted by Crippen LogP contribution is 2.37. The van der Waals surface area contributed by atoms with Crippen LogP contribution in [0.25, 0.3) is 56.2 Å². The molecule has 6 rings (SSSR count). The van der Waals surface area contributed by atoms with Gasteiger partial charge < -0.3 is 15.1 Å². The highest BCUT2D eigenvalue weighted by molar-refractivity contribution is 5.98. The number of phenols is 1. The molecule has 0 bridgehead atoms. The van der Waals surface area contributed by atoms with E-state index in [1.807, 2.05) is 42.5 Å². The molecule has 3 N–H and O–H groups in total. The molecule has 0 aliphatic carbocycles. The molecule has 6 heteroatoms. The van der Waals surface area contributed by atoms with E-state index in [2.05, 4.69) is 21.0 Å². The number of hydrogen-bond donors (Lipinski definition) is 3. The zero-order valence-corrected chi connectivity index (χ0v) is 18.0. The lowest BCUT2D eigenvalue weighted by molar-refractivity contribution is 0.475. The number of nitrogens with zero attached hydrogens (tertiary/aromatic N) is 2. The largest absolute Gasteiger partial charge is 0.508 e. The van der Waals surface area contributed by atoms with Crippen molar-refractivity contribution in [2.24, 2.45) is 0 Å². The summed E-state index contributed by atoms with van der Waals surface area (Å²) in [4.78, 5) is 16.2. The van der Waals surface area contributed by atoms with Crippen molar-refractivity contribution >= 4 is 11.0 Å². The van der Waals surface area contributed by atoms with Gasteiger partial charge in [0.05, 0.1) is 11.4 Å². The summed E-state index contributed by atoms with van der Waals surface area (Å²) in [6, 6.07) is 27.3. The standard InChI is InChI=1S/C28H19FN4O/c29-20-11-9-18(10-12-20)25-26(33-27(32-25)19-7-4-8-21(34)15-19)22-13-14-30-28-23(22)16-24(31-28)17-5-2-1-3-6-17/h1-16,34H,(H,30,31)(H,32,33). The van der Waals surface area contributed by atoms with Crippen LogP contribution in [0.15, 0.2) is 97.2 Å². The second-order valence-corrected chi connectivity index (χ2v) is 8.04. The maximum atomic E-state index is 13.6. The van der Waals surface area contributed by atoms with Gasteiger partial charge in [-0.2, -0.15) is 0 Å². The average molecular weight is 446 g/mol. The van der Waals surface area contributed by atoms with Crippen LogP contribution in [0.1, 0.15) is 0 Å². The number of imidazole rings is 1. The first-order valence-electron chi connectivity index (χ1n) is 10.8. The van der Waals surface area contributed by atoms with Crippen LogP contribution in [-0.2, 0) is 0 Å². The fraction of sp³-hybridized carbons (Fsp3) is 0. The van der Waals surface area contributed by atoms with Crippen LogP contribution >= 0.6 is 0 Å². The van der Waals surface area contributed by atoms with E-state index in [-0.39, 0.29) is 11.6 Å². The van der Waals surface area contributed by atoms with E-state index >= 15 is 0 Å². The Morgan fingerprint density at radius 3 is 2.32 bits per heavy atom. The van der Waals surface area contributed by atoms with E-state index < -0.39 is 0 Å². The number of hydrogen-bond acceptors (Lipinski definition) is 3. The summed E-state index contributed by atoms with van der Waals surface area (Å²) in [7, 11) is 0. The fourth-order valence-corrected chi connectivity index (χ4v) is 4.19. The van der Waals surface area contributed by atoms with E-state index in [0.29, 0.717) is 11.5 Å². The van der Waals surface area contributed by atoms with Crippen molar-refractivity contribution in [1.82, 2.24) is 19.9 Å². The fourth-order valence-electron chi connectivity index (χ4n) is 4.19. The Hall–Kier alpha value is -4.71. The Bertz CT molecular complexity index is 1620. The maximum Gasteiger partial charge on any atom is 0.138 e. The SMILES string of the molecule is Oc1cccc(-c2nc(-c3ccc(F)cc3)c(-c3ccnc4[nH]c(-c5ccccc5)cc34)[nH]2)c1. The predicted molar refractivity (Wildman–Crippen MR) is 132 cm³/mol. The topological polar surface area (TPSA) is 77.6 Å². The third kappa shape index (κ3) is 3.51. The molecule has 3 heterocycles. The van der Waals surface area contributed by atoms with Crippen molar-refractivity contribution in [3.8, 4) is 50.9 Å². The van der Waals surface area contributed by atoms with Gasteiger partial charge in [0, 0.05) is 34.0 Å². The van der Waals surface area contributed by atoms with Gasteiger partial charge in [0.2, 0.25) is 0 Å². The Balaban J connectivity index is 1.57. The normalized spacial score (nSPS) is 11.2. The van der Waals surface area contributed by atoms with Crippen molar-refractivity contribution in [1.29, 1.82) is 0 Å². The Morgan fingerprint density at radius 1 is 0.735 bits per heavy atom. The average Bonchev–Trinajstić information content (AvgIpc) is 3.50. The summed E-state index contributed by atoms with van der Waals surface area (Å²) in [6.07, 6.45) is 1.76. The summed E-state index contributed by atoms with van der Waals surface area (Å²) in [5.74, 6) is 0.454. The molecule has 0 aliphatic rings. The van der Waals surface area contributed by atoms with Gasteiger partial charge in [-0.15, -0.1) is 0 Å².